The molecule has 0 unspecified atom stereocenters. The molecular formula is C13H18Si. The van der Waals surface area contributed by atoms with E-state index in [1.807, 2.05) is 6.08 Å². The van der Waals surface area contributed by atoms with Crippen LogP contribution in [0.5, 0.6) is 0 Å². The quantitative estimate of drug-likeness (QED) is 0.659. The lowest BCUT2D eigenvalue weighted by Gasteiger charge is -2.18. The smallest absolute Gasteiger partial charge is 0.0985 e. The highest BCUT2D eigenvalue weighted by molar-refractivity contribution is 6.93. The van der Waals surface area contributed by atoms with Gasteiger partial charge in [0.25, 0.3) is 0 Å². The molecule has 0 aromatic heterocycles. The SMILES string of the molecule is C=Cc1ccc([Si](C)(C)C=CC)cc1. The molecular weight excluding hydrogens is 184 g/mol. The van der Waals surface area contributed by atoms with Gasteiger partial charge in [0.1, 0.15) is 8.07 Å². The summed E-state index contributed by atoms with van der Waals surface area (Å²) in [6.45, 7) is 10.6. The van der Waals surface area contributed by atoms with Gasteiger partial charge in [-0.15, -0.1) is 0 Å². The van der Waals surface area contributed by atoms with Gasteiger partial charge in [0, 0.05) is 0 Å². The summed E-state index contributed by atoms with van der Waals surface area (Å²) >= 11 is 0. The third kappa shape index (κ3) is 2.45. The number of hydrogen-bond acceptors (Lipinski definition) is 0. The van der Waals surface area contributed by atoms with E-state index in [-0.39, 0.29) is 0 Å². The molecule has 1 aromatic carbocycles. The summed E-state index contributed by atoms with van der Waals surface area (Å²) in [4.78, 5) is 0. The Hall–Kier alpha value is -1.08. The van der Waals surface area contributed by atoms with Crippen LogP contribution in [0.1, 0.15) is 12.5 Å². The van der Waals surface area contributed by atoms with Gasteiger partial charge in [-0.1, -0.05) is 67.0 Å². The molecule has 0 aliphatic rings. The van der Waals surface area contributed by atoms with Crippen LogP contribution in [0.25, 0.3) is 6.08 Å². The lowest BCUT2D eigenvalue weighted by molar-refractivity contribution is 1.66. The predicted molar refractivity (Wildman–Crippen MR) is 68.5 cm³/mol. The normalized spacial score (nSPS) is 11.9. The topological polar surface area (TPSA) is 0 Å². The van der Waals surface area contributed by atoms with Crippen molar-refractivity contribution in [3.63, 3.8) is 0 Å². The monoisotopic (exact) mass is 202 g/mol. The summed E-state index contributed by atoms with van der Waals surface area (Å²) in [6, 6.07) is 8.73. The minimum atomic E-state index is -1.33. The van der Waals surface area contributed by atoms with Crippen molar-refractivity contribution in [2.24, 2.45) is 0 Å². The van der Waals surface area contributed by atoms with E-state index in [9.17, 15) is 0 Å². The zero-order chi connectivity index (χ0) is 10.6. The van der Waals surface area contributed by atoms with E-state index in [0.717, 1.165) is 0 Å². The molecule has 0 aliphatic carbocycles. The number of benzene rings is 1. The van der Waals surface area contributed by atoms with E-state index < -0.39 is 8.07 Å². The Morgan fingerprint density at radius 2 is 1.71 bits per heavy atom. The highest BCUT2D eigenvalue weighted by Crippen LogP contribution is 2.07. The highest BCUT2D eigenvalue weighted by atomic mass is 28.3. The maximum absolute atomic E-state index is 3.76. The summed E-state index contributed by atoms with van der Waals surface area (Å²) in [6.07, 6.45) is 4.04. The summed E-state index contributed by atoms with van der Waals surface area (Å²) in [5.74, 6) is 0. The molecule has 0 radical (unpaired) electrons. The molecule has 1 aromatic rings. The number of hydrogen-bond donors (Lipinski definition) is 0. The van der Waals surface area contributed by atoms with E-state index in [1.165, 1.54) is 10.8 Å². The Bertz CT molecular complexity index is 331. The molecule has 0 saturated carbocycles. The molecule has 0 aliphatic heterocycles. The lowest BCUT2D eigenvalue weighted by atomic mass is 10.2. The van der Waals surface area contributed by atoms with Crippen molar-refractivity contribution in [2.45, 2.75) is 20.0 Å². The van der Waals surface area contributed by atoms with Gasteiger partial charge in [-0.3, -0.25) is 0 Å². The maximum atomic E-state index is 3.76. The van der Waals surface area contributed by atoms with E-state index in [0.29, 0.717) is 0 Å². The molecule has 1 rings (SSSR count). The Labute approximate surface area is 88.0 Å². The molecule has 1 heteroatoms. The van der Waals surface area contributed by atoms with Gasteiger partial charge < -0.3 is 0 Å². The molecule has 0 spiro atoms. The molecule has 0 nitrogen and oxygen atoms in total. The van der Waals surface area contributed by atoms with Crippen molar-refractivity contribution in [1.82, 2.24) is 0 Å². The molecule has 0 N–H and O–H groups in total. The molecule has 0 heterocycles. The van der Waals surface area contributed by atoms with Gasteiger partial charge >= 0.3 is 0 Å². The maximum Gasteiger partial charge on any atom is 0.103 e. The standard InChI is InChI=1S/C13H18Si/c1-5-11-14(3,4)13-9-7-12(6-2)8-10-13/h5-11H,2H2,1,3-4H3. The first kappa shape index (κ1) is 11.0. The molecule has 0 fully saturated rings. The summed E-state index contributed by atoms with van der Waals surface area (Å²) < 4.78 is 0. The average Bonchev–Trinajstić information content (AvgIpc) is 2.18. The van der Waals surface area contributed by atoms with Gasteiger partial charge in [-0.2, -0.15) is 0 Å². The van der Waals surface area contributed by atoms with Gasteiger partial charge in [0.05, 0.1) is 0 Å². The minimum absolute atomic E-state index is 1.19. The van der Waals surface area contributed by atoms with Crippen molar-refractivity contribution in [1.29, 1.82) is 0 Å². The zero-order valence-electron chi connectivity index (χ0n) is 9.25. The second-order valence-corrected chi connectivity index (χ2v) is 8.40. The van der Waals surface area contributed by atoms with Crippen LogP contribution >= 0.6 is 0 Å². The third-order valence-corrected chi connectivity index (χ3v) is 5.46. The Morgan fingerprint density at radius 3 is 2.14 bits per heavy atom. The van der Waals surface area contributed by atoms with Gasteiger partial charge in [-0.25, -0.2) is 0 Å². The largest absolute Gasteiger partial charge is 0.103 e. The van der Waals surface area contributed by atoms with Crippen LogP contribution in [-0.4, -0.2) is 8.07 Å². The van der Waals surface area contributed by atoms with Gasteiger partial charge in [0.2, 0.25) is 0 Å². The van der Waals surface area contributed by atoms with Crippen molar-refractivity contribution in [3.05, 3.63) is 48.2 Å². The van der Waals surface area contributed by atoms with Crippen LogP contribution in [0.2, 0.25) is 13.1 Å². The van der Waals surface area contributed by atoms with Crippen molar-refractivity contribution in [3.8, 4) is 0 Å². The van der Waals surface area contributed by atoms with E-state index >= 15 is 0 Å². The molecule has 0 atom stereocenters. The van der Waals surface area contributed by atoms with Crippen molar-refractivity contribution in [2.75, 3.05) is 0 Å². The van der Waals surface area contributed by atoms with E-state index in [1.54, 1.807) is 0 Å². The molecule has 74 valence electrons. The van der Waals surface area contributed by atoms with Crippen LogP contribution < -0.4 is 5.19 Å². The fraction of sp³-hybridized carbons (Fsp3) is 0.231. The van der Waals surface area contributed by atoms with Crippen LogP contribution in [0.3, 0.4) is 0 Å². The Kier molecular flexibility index (Phi) is 3.47. The van der Waals surface area contributed by atoms with E-state index in [2.05, 4.69) is 62.6 Å². The first-order chi connectivity index (χ1) is 6.60. The summed E-state index contributed by atoms with van der Waals surface area (Å²) in [7, 11) is -1.33. The third-order valence-electron chi connectivity index (χ3n) is 2.47. The molecule has 14 heavy (non-hydrogen) atoms. The Balaban J connectivity index is 3.02. The average molecular weight is 202 g/mol. The number of allylic oxidation sites excluding steroid dienone is 1. The zero-order valence-corrected chi connectivity index (χ0v) is 10.2. The highest BCUT2D eigenvalue weighted by Gasteiger charge is 2.18. The van der Waals surface area contributed by atoms with Crippen LogP contribution in [-0.2, 0) is 0 Å². The first-order valence-corrected chi connectivity index (χ1v) is 8.04. The van der Waals surface area contributed by atoms with Crippen LogP contribution in [0, 0.1) is 0 Å². The van der Waals surface area contributed by atoms with E-state index in [4.69, 9.17) is 0 Å². The lowest BCUT2D eigenvalue weighted by Crippen LogP contribution is -2.39. The van der Waals surface area contributed by atoms with Gasteiger partial charge in [-0.05, 0) is 12.5 Å². The Morgan fingerprint density at radius 1 is 1.14 bits per heavy atom. The number of rotatable bonds is 3. The van der Waals surface area contributed by atoms with Gasteiger partial charge in [0.15, 0.2) is 0 Å². The van der Waals surface area contributed by atoms with Crippen molar-refractivity contribution < 1.29 is 0 Å². The predicted octanol–water partition coefficient (Wildman–Crippen LogP) is 3.36. The molecule has 0 bridgehead atoms. The van der Waals surface area contributed by atoms with Crippen LogP contribution in [0.4, 0.5) is 0 Å². The van der Waals surface area contributed by atoms with Crippen LogP contribution in [0.15, 0.2) is 42.6 Å². The second-order valence-electron chi connectivity index (χ2n) is 4.05. The fourth-order valence-corrected chi connectivity index (χ4v) is 3.61. The second kappa shape index (κ2) is 4.42. The molecule has 0 amide bonds. The molecule has 0 saturated heterocycles. The minimum Gasteiger partial charge on any atom is -0.0985 e. The summed E-state index contributed by atoms with van der Waals surface area (Å²) in [5, 5.41) is 1.47. The first-order valence-electron chi connectivity index (χ1n) is 4.97. The van der Waals surface area contributed by atoms with Crippen molar-refractivity contribution >= 4 is 19.3 Å². The fourth-order valence-electron chi connectivity index (χ4n) is 1.56. The summed E-state index contributed by atoms with van der Waals surface area (Å²) in [5.41, 5.74) is 3.55.